The van der Waals surface area contributed by atoms with Crippen molar-refractivity contribution in [3.05, 3.63) is 36.0 Å². The number of rotatable bonds is 8. The smallest absolute Gasteiger partial charge is 0.229 e. The number of aryl methyl sites for hydroxylation is 1. The van der Waals surface area contributed by atoms with E-state index in [0.717, 1.165) is 36.0 Å². The second-order valence-corrected chi connectivity index (χ2v) is 6.71. The third-order valence-electron chi connectivity index (χ3n) is 3.95. The van der Waals surface area contributed by atoms with Gasteiger partial charge in [-0.25, -0.2) is 4.98 Å². The summed E-state index contributed by atoms with van der Waals surface area (Å²) >= 11 is 0. The molecule has 1 amide bonds. The highest BCUT2D eigenvalue weighted by Gasteiger charge is 2.08. The van der Waals surface area contributed by atoms with Gasteiger partial charge in [0.2, 0.25) is 11.9 Å². The van der Waals surface area contributed by atoms with Gasteiger partial charge in [0.1, 0.15) is 5.82 Å². The van der Waals surface area contributed by atoms with Crippen LogP contribution in [0.2, 0.25) is 0 Å². The van der Waals surface area contributed by atoms with E-state index in [-0.39, 0.29) is 5.91 Å². The highest BCUT2D eigenvalue weighted by atomic mass is 16.1. The van der Waals surface area contributed by atoms with Crippen LogP contribution in [0.4, 0.5) is 23.1 Å². The van der Waals surface area contributed by atoms with Gasteiger partial charge in [0.25, 0.3) is 0 Å². The summed E-state index contributed by atoms with van der Waals surface area (Å²) in [5, 5.41) is 6.15. The zero-order chi connectivity index (χ0) is 19.1. The molecule has 1 aromatic heterocycles. The predicted molar refractivity (Wildman–Crippen MR) is 108 cm³/mol. The molecular weight excluding hydrogens is 326 g/mol. The zero-order valence-corrected chi connectivity index (χ0v) is 16.3. The average molecular weight is 355 g/mol. The Kier molecular flexibility index (Phi) is 6.95. The van der Waals surface area contributed by atoms with E-state index in [2.05, 4.69) is 39.3 Å². The van der Waals surface area contributed by atoms with Crippen molar-refractivity contribution in [3.8, 4) is 0 Å². The minimum Gasteiger partial charge on any atom is -0.357 e. The number of carbonyl (C=O) groups is 1. The molecular formula is C20H29N5O. The molecule has 140 valence electrons. The van der Waals surface area contributed by atoms with Crippen LogP contribution in [0.5, 0.6) is 0 Å². The van der Waals surface area contributed by atoms with Crippen molar-refractivity contribution < 1.29 is 4.79 Å². The van der Waals surface area contributed by atoms with Gasteiger partial charge in [-0.3, -0.25) is 4.79 Å². The van der Waals surface area contributed by atoms with Crippen molar-refractivity contribution in [2.45, 2.75) is 41.0 Å². The van der Waals surface area contributed by atoms with Crippen molar-refractivity contribution >= 4 is 29.0 Å². The maximum atomic E-state index is 11.8. The zero-order valence-electron chi connectivity index (χ0n) is 16.3. The van der Waals surface area contributed by atoms with Crippen LogP contribution in [0.25, 0.3) is 0 Å². The summed E-state index contributed by atoms with van der Waals surface area (Å²) in [4.78, 5) is 23.1. The van der Waals surface area contributed by atoms with Crippen molar-refractivity contribution in [1.29, 1.82) is 0 Å². The lowest BCUT2D eigenvalue weighted by atomic mass is 10.1. The van der Waals surface area contributed by atoms with Gasteiger partial charge in [-0.1, -0.05) is 13.8 Å². The number of nitrogens with zero attached hydrogens (tertiary/aromatic N) is 3. The first-order valence-corrected chi connectivity index (χ1v) is 9.18. The number of amides is 1. The van der Waals surface area contributed by atoms with Crippen molar-refractivity contribution in [1.82, 2.24) is 9.97 Å². The number of aromatic nitrogens is 2. The maximum Gasteiger partial charge on any atom is 0.229 e. The standard InChI is InChI=1S/C20H29N5O/c1-6-25(7-2)18-13-15(5)21-20(24-18)23-17-10-8-16(9-11-17)22-19(26)12-14(3)4/h8-11,13-14H,6-7,12H2,1-5H3,(H,22,26)(H,21,23,24). The molecule has 0 spiro atoms. The van der Waals surface area contributed by atoms with Crippen molar-refractivity contribution in [2.75, 3.05) is 28.6 Å². The van der Waals surface area contributed by atoms with Crippen LogP contribution in [0, 0.1) is 12.8 Å². The van der Waals surface area contributed by atoms with Crippen LogP contribution in [-0.2, 0) is 4.79 Å². The summed E-state index contributed by atoms with van der Waals surface area (Å²) in [6.45, 7) is 12.0. The lowest BCUT2D eigenvalue weighted by molar-refractivity contribution is -0.116. The van der Waals surface area contributed by atoms with E-state index in [1.807, 2.05) is 51.1 Å². The molecule has 1 heterocycles. The Morgan fingerprint density at radius 3 is 2.27 bits per heavy atom. The van der Waals surface area contributed by atoms with Gasteiger partial charge in [0, 0.05) is 42.6 Å². The number of anilines is 4. The molecule has 2 N–H and O–H groups in total. The number of hydrogen-bond acceptors (Lipinski definition) is 5. The highest BCUT2D eigenvalue weighted by Crippen LogP contribution is 2.20. The van der Waals surface area contributed by atoms with Gasteiger partial charge in [0.05, 0.1) is 0 Å². The number of nitrogens with one attached hydrogen (secondary N) is 2. The Bertz CT molecular complexity index is 723. The Morgan fingerprint density at radius 2 is 1.69 bits per heavy atom. The van der Waals surface area contributed by atoms with Gasteiger partial charge in [-0.2, -0.15) is 4.98 Å². The second-order valence-electron chi connectivity index (χ2n) is 6.71. The van der Waals surface area contributed by atoms with Crippen LogP contribution < -0.4 is 15.5 Å². The largest absolute Gasteiger partial charge is 0.357 e. The van der Waals surface area contributed by atoms with Crippen LogP contribution in [0.1, 0.15) is 39.8 Å². The molecule has 0 saturated heterocycles. The summed E-state index contributed by atoms with van der Waals surface area (Å²) in [5.74, 6) is 1.87. The van der Waals surface area contributed by atoms with E-state index in [0.29, 0.717) is 18.3 Å². The monoisotopic (exact) mass is 355 g/mol. The van der Waals surface area contributed by atoms with Gasteiger partial charge in [0.15, 0.2) is 0 Å². The fourth-order valence-corrected chi connectivity index (χ4v) is 2.67. The van der Waals surface area contributed by atoms with E-state index in [9.17, 15) is 4.79 Å². The summed E-state index contributed by atoms with van der Waals surface area (Å²) in [7, 11) is 0. The molecule has 0 aliphatic heterocycles. The normalized spacial score (nSPS) is 10.7. The Morgan fingerprint density at radius 1 is 1.08 bits per heavy atom. The number of carbonyl (C=O) groups excluding carboxylic acids is 1. The van der Waals surface area contributed by atoms with Crippen molar-refractivity contribution in [2.24, 2.45) is 5.92 Å². The molecule has 0 bridgehead atoms. The molecule has 1 aromatic carbocycles. The fraction of sp³-hybridized carbons (Fsp3) is 0.450. The number of benzene rings is 1. The molecule has 0 unspecified atom stereocenters. The minimum absolute atomic E-state index is 0.0339. The molecule has 6 nitrogen and oxygen atoms in total. The summed E-state index contributed by atoms with van der Waals surface area (Å²) in [6.07, 6.45) is 0.519. The molecule has 0 radical (unpaired) electrons. The Hall–Kier alpha value is -2.63. The van der Waals surface area contributed by atoms with E-state index >= 15 is 0 Å². The summed E-state index contributed by atoms with van der Waals surface area (Å²) < 4.78 is 0. The quantitative estimate of drug-likeness (QED) is 0.736. The molecule has 6 heteroatoms. The SMILES string of the molecule is CCN(CC)c1cc(C)nc(Nc2ccc(NC(=O)CC(C)C)cc2)n1. The molecule has 0 fully saturated rings. The minimum atomic E-state index is 0.0339. The summed E-state index contributed by atoms with van der Waals surface area (Å²) in [6, 6.07) is 9.57. The first-order valence-electron chi connectivity index (χ1n) is 9.18. The lowest BCUT2D eigenvalue weighted by Crippen LogP contribution is -2.23. The van der Waals surface area contributed by atoms with Crippen LogP contribution >= 0.6 is 0 Å². The van der Waals surface area contributed by atoms with E-state index in [4.69, 9.17) is 0 Å². The Balaban J connectivity index is 2.08. The Labute approximate surface area is 156 Å². The van der Waals surface area contributed by atoms with Gasteiger partial charge in [-0.15, -0.1) is 0 Å². The predicted octanol–water partition coefficient (Wildman–Crippen LogP) is 4.36. The molecule has 0 aliphatic rings. The van der Waals surface area contributed by atoms with Gasteiger partial charge < -0.3 is 15.5 Å². The first-order chi connectivity index (χ1) is 12.4. The maximum absolute atomic E-state index is 11.8. The molecule has 2 rings (SSSR count). The number of hydrogen-bond donors (Lipinski definition) is 2. The third-order valence-corrected chi connectivity index (χ3v) is 3.95. The first kappa shape index (κ1) is 19.7. The molecule has 0 saturated carbocycles. The molecule has 26 heavy (non-hydrogen) atoms. The molecule has 0 aliphatic carbocycles. The van der Waals surface area contributed by atoms with E-state index in [1.54, 1.807) is 0 Å². The summed E-state index contributed by atoms with van der Waals surface area (Å²) in [5.41, 5.74) is 2.58. The lowest BCUT2D eigenvalue weighted by Gasteiger charge is -2.20. The van der Waals surface area contributed by atoms with E-state index in [1.165, 1.54) is 0 Å². The average Bonchev–Trinajstić information content (AvgIpc) is 2.56. The second kappa shape index (κ2) is 9.17. The third kappa shape index (κ3) is 5.72. The van der Waals surface area contributed by atoms with E-state index < -0.39 is 0 Å². The van der Waals surface area contributed by atoms with Crippen LogP contribution in [0.3, 0.4) is 0 Å². The fourth-order valence-electron chi connectivity index (χ4n) is 2.67. The highest BCUT2D eigenvalue weighted by molar-refractivity contribution is 5.91. The van der Waals surface area contributed by atoms with Gasteiger partial charge in [-0.05, 0) is 51.0 Å². The molecule has 2 aromatic rings. The van der Waals surface area contributed by atoms with Crippen LogP contribution in [0.15, 0.2) is 30.3 Å². The molecule has 0 atom stereocenters. The topological polar surface area (TPSA) is 70.2 Å². The van der Waals surface area contributed by atoms with Gasteiger partial charge >= 0.3 is 0 Å². The van der Waals surface area contributed by atoms with Crippen molar-refractivity contribution in [3.63, 3.8) is 0 Å². The van der Waals surface area contributed by atoms with Crippen LogP contribution in [-0.4, -0.2) is 29.0 Å².